The van der Waals surface area contributed by atoms with Crippen LogP contribution < -0.4 is 10.1 Å². The van der Waals surface area contributed by atoms with Gasteiger partial charge in [0.05, 0.1) is 30.6 Å². The van der Waals surface area contributed by atoms with Crippen molar-refractivity contribution in [2.75, 3.05) is 26.7 Å². The van der Waals surface area contributed by atoms with E-state index >= 15 is 0 Å². The smallest absolute Gasteiger partial charge is 0.224 e. The molecular formula is C31H36N4O2. The molecule has 5 rings (SSSR count). The predicted octanol–water partition coefficient (Wildman–Crippen LogP) is 4.97. The predicted molar refractivity (Wildman–Crippen MR) is 148 cm³/mol. The molecule has 1 aliphatic rings. The summed E-state index contributed by atoms with van der Waals surface area (Å²) in [6.45, 7) is 6.01. The number of aromatic nitrogens is 2. The van der Waals surface area contributed by atoms with Gasteiger partial charge in [-0.1, -0.05) is 54.1 Å². The lowest BCUT2D eigenvalue weighted by Crippen LogP contribution is -2.43. The van der Waals surface area contributed by atoms with Gasteiger partial charge in [-0.3, -0.25) is 9.69 Å². The molecule has 192 valence electrons. The minimum atomic E-state index is 0.0191. The number of amides is 1. The maximum atomic E-state index is 13.0. The zero-order valence-corrected chi connectivity index (χ0v) is 21.8. The van der Waals surface area contributed by atoms with Gasteiger partial charge in [0.25, 0.3) is 0 Å². The summed E-state index contributed by atoms with van der Waals surface area (Å²) >= 11 is 0. The number of carbonyl (C=O) groups excluding carboxylic acids is 1. The average molecular weight is 497 g/mol. The van der Waals surface area contributed by atoms with Gasteiger partial charge in [-0.15, -0.1) is 0 Å². The van der Waals surface area contributed by atoms with Crippen molar-refractivity contribution in [1.82, 2.24) is 19.8 Å². The lowest BCUT2D eigenvalue weighted by molar-refractivity contribution is -0.126. The van der Waals surface area contributed by atoms with Gasteiger partial charge >= 0.3 is 0 Å². The maximum Gasteiger partial charge on any atom is 0.224 e. The van der Waals surface area contributed by atoms with Crippen molar-refractivity contribution in [3.63, 3.8) is 0 Å². The molecule has 6 nitrogen and oxygen atoms in total. The molecule has 0 spiro atoms. The van der Waals surface area contributed by atoms with Crippen LogP contribution >= 0.6 is 0 Å². The first kappa shape index (κ1) is 25.0. The number of piperidine rings is 1. The Morgan fingerprint density at radius 2 is 1.86 bits per heavy atom. The van der Waals surface area contributed by atoms with E-state index in [1.807, 2.05) is 18.2 Å². The Morgan fingerprint density at radius 1 is 1.03 bits per heavy atom. The van der Waals surface area contributed by atoms with Gasteiger partial charge in [-0.2, -0.15) is 0 Å². The summed E-state index contributed by atoms with van der Waals surface area (Å²) in [4.78, 5) is 20.4. The van der Waals surface area contributed by atoms with Crippen LogP contribution in [0.15, 0.2) is 72.8 Å². The van der Waals surface area contributed by atoms with Crippen molar-refractivity contribution in [3.8, 4) is 5.75 Å². The van der Waals surface area contributed by atoms with E-state index in [9.17, 15) is 4.79 Å². The fourth-order valence-electron chi connectivity index (χ4n) is 5.29. The fraction of sp³-hybridized carbons (Fsp3) is 0.355. The van der Waals surface area contributed by atoms with Gasteiger partial charge in [-0.05, 0) is 68.1 Å². The topological polar surface area (TPSA) is 59.4 Å². The number of hydrogen-bond donors (Lipinski definition) is 1. The maximum absolute atomic E-state index is 13.0. The third kappa shape index (κ3) is 6.20. The summed E-state index contributed by atoms with van der Waals surface area (Å²) in [6.07, 6.45) is 2.82. The number of likely N-dealkylation sites (tertiary alicyclic amines) is 1. The van der Waals surface area contributed by atoms with E-state index in [4.69, 9.17) is 9.72 Å². The summed E-state index contributed by atoms with van der Waals surface area (Å²) in [6, 6.07) is 25.0. The average Bonchev–Trinajstić information content (AvgIpc) is 3.26. The van der Waals surface area contributed by atoms with Crippen LogP contribution in [-0.4, -0.2) is 47.1 Å². The van der Waals surface area contributed by atoms with Crippen LogP contribution in [0.2, 0.25) is 0 Å². The molecule has 1 saturated heterocycles. The molecule has 1 fully saturated rings. The molecule has 37 heavy (non-hydrogen) atoms. The molecule has 1 N–H and O–H groups in total. The molecule has 0 bridgehead atoms. The Balaban J connectivity index is 1.24. The largest absolute Gasteiger partial charge is 0.497 e. The summed E-state index contributed by atoms with van der Waals surface area (Å²) < 4.78 is 7.63. The third-order valence-corrected chi connectivity index (χ3v) is 7.27. The highest BCUT2D eigenvalue weighted by Crippen LogP contribution is 2.23. The number of nitrogens with zero attached hydrogens (tertiary/aromatic N) is 3. The molecule has 6 heteroatoms. The zero-order chi connectivity index (χ0) is 25.6. The van der Waals surface area contributed by atoms with E-state index in [1.165, 1.54) is 16.7 Å². The number of ether oxygens (including phenoxy) is 1. The van der Waals surface area contributed by atoms with Gasteiger partial charge in [-0.25, -0.2) is 4.98 Å². The molecule has 3 aromatic carbocycles. The highest BCUT2D eigenvalue weighted by molar-refractivity contribution is 5.79. The first-order valence-electron chi connectivity index (χ1n) is 13.2. The zero-order valence-electron chi connectivity index (χ0n) is 21.8. The van der Waals surface area contributed by atoms with E-state index in [0.717, 1.165) is 68.0 Å². The second-order valence-corrected chi connectivity index (χ2v) is 10.1. The normalized spacial score (nSPS) is 16.1. The molecule has 2 heterocycles. The second kappa shape index (κ2) is 11.6. The van der Waals surface area contributed by atoms with Gasteiger partial charge in [0.1, 0.15) is 11.6 Å². The van der Waals surface area contributed by atoms with E-state index < -0.39 is 0 Å². The molecule has 4 aromatic rings. The Labute approximate surface area is 219 Å². The molecule has 1 aromatic heterocycles. The number of aryl methyl sites for hydroxylation is 1. The molecule has 1 atom stereocenters. The molecule has 0 aliphatic carbocycles. The molecule has 0 saturated carbocycles. The Bertz CT molecular complexity index is 1350. The number of fused-ring (bicyclic) bond motifs is 1. The summed E-state index contributed by atoms with van der Waals surface area (Å²) in [5.74, 6) is 2.09. The first-order valence-corrected chi connectivity index (χ1v) is 13.2. The molecular weight excluding hydrogens is 460 g/mol. The van der Waals surface area contributed by atoms with Gasteiger partial charge in [0.15, 0.2) is 0 Å². The number of rotatable bonds is 9. The van der Waals surface area contributed by atoms with Crippen molar-refractivity contribution in [2.24, 2.45) is 5.92 Å². The molecule has 0 unspecified atom stereocenters. The number of imidazole rings is 1. The number of hydrogen-bond acceptors (Lipinski definition) is 4. The van der Waals surface area contributed by atoms with Crippen molar-refractivity contribution in [3.05, 3.63) is 95.3 Å². The van der Waals surface area contributed by atoms with Crippen LogP contribution in [0.4, 0.5) is 0 Å². The number of nitrogens with one attached hydrogen (secondary N) is 1. The van der Waals surface area contributed by atoms with Crippen LogP contribution in [-0.2, 0) is 24.3 Å². The number of methoxy groups -OCH3 is 1. The first-order chi connectivity index (χ1) is 18.1. The third-order valence-electron chi connectivity index (χ3n) is 7.27. The number of carbonyl (C=O) groups is 1. The highest BCUT2D eigenvalue weighted by Gasteiger charge is 2.27. The van der Waals surface area contributed by atoms with Crippen LogP contribution in [0.5, 0.6) is 5.75 Å². The van der Waals surface area contributed by atoms with Crippen LogP contribution in [0.25, 0.3) is 11.0 Å². The minimum Gasteiger partial charge on any atom is -0.497 e. The van der Waals surface area contributed by atoms with Crippen LogP contribution in [0.1, 0.15) is 35.4 Å². The summed E-state index contributed by atoms with van der Waals surface area (Å²) in [5, 5.41) is 3.18. The van der Waals surface area contributed by atoms with E-state index in [0.29, 0.717) is 6.54 Å². The molecule has 1 amide bonds. The Kier molecular flexibility index (Phi) is 7.85. The monoisotopic (exact) mass is 496 g/mol. The molecule has 0 radical (unpaired) electrons. The van der Waals surface area contributed by atoms with E-state index in [-0.39, 0.29) is 11.8 Å². The van der Waals surface area contributed by atoms with Gasteiger partial charge in [0, 0.05) is 19.6 Å². The fourth-order valence-corrected chi connectivity index (χ4v) is 5.29. The summed E-state index contributed by atoms with van der Waals surface area (Å²) in [5.41, 5.74) is 5.87. The van der Waals surface area contributed by atoms with Crippen LogP contribution in [0.3, 0.4) is 0 Å². The highest BCUT2D eigenvalue weighted by atomic mass is 16.5. The number of benzene rings is 3. The lowest BCUT2D eigenvalue weighted by atomic mass is 9.97. The van der Waals surface area contributed by atoms with E-state index in [2.05, 4.69) is 76.3 Å². The van der Waals surface area contributed by atoms with Crippen molar-refractivity contribution in [2.45, 2.75) is 39.3 Å². The Morgan fingerprint density at radius 3 is 2.68 bits per heavy atom. The SMILES string of the molecule is COc1ccc(Cn2c(CN3CCC[C@H](C(=O)NCCc4cccc(C)c4)C3)nc3ccccc32)cc1. The van der Waals surface area contributed by atoms with Crippen molar-refractivity contribution in [1.29, 1.82) is 0 Å². The lowest BCUT2D eigenvalue weighted by Gasteiger charge is -2.31. The van der Waals surface area contributed by atoms with E-state index in [1.54, 1.807) is 7.11 Å². The molecule has 1 aliphatic heterocycles. The minimum absolute atomic E-state index is 0.0191. The van der Waals surface area contributed by atoms with Crippen molar-refractivity contribution >= 4 is 16.9 Å². The van der Waals surface area contributed by atoms with Crippen LogP contribution in [0, 0.1) is 12.8 Å². The quantitative estimate of drug-likeness (QED) is 0.355. The number of para-hydroxylation sites is 2. The van der Waals surface area contributed by atoms with Gasteiger partial charge < -0.3 is 14.6 Å². The standard InChI is InChI=1S/C31H36N4O2/c1-23-7-5-8-24(19-23)16-17-32-31(36)26-9-6-18-34(21-26)22-30-33-28-10-3-4-11-29(28)35(30)20-25-12-14-27(37-2)15-13-25/h3-5,7-8,10-15,19,26H,6,9,16-18,20-22H2,1-2H3,(H,32,36)/t26-/m0/s1. The Hall–Kier alpha value is -3.64. The second-order valence-electron chi connectivity index (χ2n) is 10.1. The summed E-state index contributed by atoms with van der Waals surface area (Å²) in [7, 11) is 1.69. The van der Waals surface area contributed by atoms with Gasteiger partial charge in [0.2, 0.25) is 5.91 Å². The van der Waals surface area contributed by atoms with Crippen molar-refractivity contribution < 1.29 is 9.53 Å².